The monoisotopic (exact) mass is 354 g/mol. The van der Waals surface area contributed by atoms with Crippen LogP contribution in [0.5, 0.6) is 0 Å². The molecule has 1 fully saturated rings. The van der Waals surface area contributed by atoms with Gasteiger partial charge in [-0.1, -0.05) is 23.7 Å². The molecule has 2 rings (SSSR count). The van der Waals surface area contributed by atoms with Crippen molar-refractivity contribution in [2.45, 2.75) is 13.0 Å². The van der Waals surface area contributed by atoms with Crippen LogP contribution in [0.2, 0.25) is 5.02 Å². The topological polar surface area (TPSA) is 84.9 Å². The zero-order chi connectivity index (χ0) is 17.5. The molecule has 1 aromatic carbocycles. The largest absolute Gasteiger partial charge is 0.454 e. The number of benzene rings is 1. The minimum absolute atomic E-state index is 0.267. The highest BCUT2D eigenvalue weighted by atomic mass is 35.5. The van der Waals surface area contributed by atoms with E-state index >= 15 is 0 Å². The number of carbonyl (C=O) groups excluding carboxylic acids is 3. The molecule has 1 heterocycles. The summed E-state index contributed by atoms with van der Waals surface area (Å²) in [5, 5.41) is 2.79. The van der Waals surface area contributed by atoms with Crippen LogP contribution in [0, 0.1) is 0 Å². The van der Waals surface area contributed by atoms with Gasteiger partial charge in [-0.3, -0.25) is 9.59 Å². The number of ether oxygens (including phenoxy) is 2. The summed E-state index contributed by atoms with van der Waals surface area (Å²) in [6.07, 6.45) is 0. The van der Waals surface area contributed by atoms with Crippen LogP contribution in [0.25, 0.3) is 0 Å². The Bertz CT molecular complexity index is 616. The summed E-state index contributed by atoms with van der Waals surface area (Å²) in [6.45, 7) is 3.04. The molecule has 0 radical (unpaired) electrons. The molecular formula is C16H19ClN2O5. The quantitative estimate of drug-likeness (QED) is 0.793. The summed E-state index contributed by atoms with van der Waals surface area (Å²) >= 11 is 5.93. The molecule has 0 aromatic heterocycles. The first-order chi connectivity index (χ1) is 11.5. The molecule has 0 saturated carbocycles. The van der Waals surface area contributed by atoms with Gasteiger partial charge < -0.3 is 19.7 Å². The molecule has 130 valence electrons. The molecule has 1 atom stereocenters. The summed E-state index contributed by atoms with van der Waals surface area (Å²) in [4.78, 5) is 37.5. The number of morpholine rings is 1. The molecule has 1 aliphatic heterocycles. The maximum absolute atomic E-state index is 12.1. The molecule has 2 amide bonds. The SMILES string of the molecule is C[C@@H](NC(=O)c1ccccc1Cl)C(=O)OCC(=O)N1CCOCC1. The number of nitrogens with one attached hydrogen (secondary N) is 1. The van der Waals surface area contributed by atoms with Gasteiger partial charge in [0.2, 0.25) is 0 Å². The first-order valence-corrected chi connectivity index (χ1v) is 7.94. The van der Waals surface area contributed by atoms with E-state index in [9.17, 15) is 14.4 Å². The zero-order valence-electron chi connectivity index (χ0n) is 13.3. The van der Waals surface area contributed by atoms with Crippen molar-refractivity contribution in [2.24, 2.45) is 0 Å². The van der Waals surface area contributed by atoms with E-state index in [1.54, 1.807) is 29.2 Å². The van der Waals surface area contributed by atoms with Crippen LogP contribution < -0.4 is 5.32 Å². The van der Waals surface area contributed by atoms with Gasteiger partial charge in [-0.05, 0) is 19.1 Å². The van der Waals surface area contributed by atoms with Crippen molar-refractivity contribution in [3.8, 4) is 0 Å². The van der Waals surface area contributed by atoms with Crippen molar-refractivity contribution in [3.05, 3.63) is 34.9 Å². The van der Waals surface area contributed by atoms with Crippen LogP contribution in [0.4, 0.5) is 0 Å². The van der Waals surface area contributed by atoms with E-state index in [4.69, 9.17) is 21.1 Å². The second-order valence-corrected chi connectivity index (χ2v) is 5.68. The van der Waals surface area contributed by atoms with Gasteiger partial charge in [0, 0.05) is 13.1 Å². The van der Waals surface area contributed by atoms with E-state index in [0.29, 0.717) is 26.3 Å². The van der Waals surface area contributed by atoms with Crippen molar-refractivity contribution in [1.29, 1.82) is 0 Å². The number of hydrogen-bond donors (Lipinski definition) is 1. The number of carbonyl (C=O) groups is 3. The Balaban J connectivity index is 1.80. The molecule has 1 aliphatic rings. The maximum atomic E-state index is 12.1. The molecule has 0 bridgehead atoms. The van der Waals surface area contributed by atoms with Gasteiger partial charge >= 0.3 is 5.97 Å². The summed E-state index contributed by atoms with van der Waals surface area (Å²) in [7, 11) is 0. The van der Waals surface area contributed by atoms with E-state index in [0.717, 1.165) is 0 Å². The van der Waals surface area contributed by atoms with Gasteiger partial charge in [0.05, 0.1) is 23.8 Å². The molecule has 24 heavy (non-hydrogen) atoms. The van der Waals surface area contributed by atoms with E-state index in [1.807, 2.05) is 0 Å². The van der Waals surface area contributed by atoms with E-state index in [-0.39, 0.29) is 23.1 Å². The third-order valence-electron chi connectivity index (χ3n) is 3.52. The molecule has 0 spiro atoms. The van der Waals surface area contributed by atoms with E-state index < -0.39 is 17.9 Å². The third kappa shape index (κ3) is 4.94. The molecule has 0 unspecified atom stereocenters. The number of halogens is 1. The lowest BCUT2D eigenvalue weighted by Crippen LogP contribution is -2.44. The number of amides is 2. The average Bonchev–Trinajstić information content (AvgIpc) is 2.60. The lowest BCUT2D eigenvalue weighted by Gasteiger charge is -2.26. The number of rotatable bonds is 5. The minimum Gasteiger partial charge on any atom is -0.454 e. The van der Waals surface area contributed by atoms with Crippen molar-refractivity contribution < 1.29 is 23.9 Å². The lowest BCUT2D eigenvalue weighted by atomic mass is 10.2. The average molecular weight is 355 g/mol. The van der Waals surface area contributed by atoms with Crippen LogP contribution >= 0.6 is 11.6 Å². The smallest absolute Gasteiger partial charge is 0.328 e. The molecule has 1 saturated heterocycles. The zero-order valence-corrected chi connectivity index (χ0v) is 14.0. The van der Waals surface area contributed by atoms with Crippen LogP contribution in [0.15, 0.2) is 24.3 Å². The lowest BCUT2D eigenvalue weighted by molar-refractivity contribution is -0.154. The fourth-order valence-corrected chi connectivity index (χ4v) is 2.36. The number of esters is 1. The Morgan fingerprint density at radius 3 is 2.62 bits per heavy atom. The predicted octanol–water partition coefficient (Wildman–Crippen LogP) is 0.860. The fraction of sp³-hybridized carbons (Fsp3) is 0.438. The van der Waals surface area contributed by atoms with Crippen molar-refractivity contribution in [3.63, 3.8) is 0 Å². The highest BCUT2D eigenvalue weighted by Crippen LogP contribution is 2.14. The van der Waals surface area contributed by atoms with Crippen LogP contribution in [0.3, 0.4) is 0 Å². The highest BCUT2D eigenvalue weighted by Gasteiger charge is 2.22. The molecule has 7 nitrogen and oxygen atoms in total. The Hall–Kier alpha value is -2.12. The van der Waals surface area contributed by atoms with Crippen LogP contribution in [-0.2, 0) is 19.1 Å². The van der Waals surface area contributed by atoms with Gasteiger partial charge in [0.25, 0.3) is 11.8 Å². The normalized spacial score (nSPS) is 15.5. The molecule has 0 aliphatic carbocycles. The highest BCUT2D eigenvalue weighted by molar-refractivity contribution is 6.33. The standard InChI is InChI=1S/C16H19ClN2O5/c1-11(18-15(21)12-4-2-3-5-13(12)17)16(22)24-10-14(20)19-6-8-23-9-7-19/h2-5,11H,6-10H2,1H3,(H,18,21)/t11-/m1/s1. The van der Waals surface area contributed by atoms with Gasteiger partial charge in [-0.2, -0.15) is 0 Å². The van der Waals surface area contributed by atoms with Gasteiger partial charge in [-0.15, -0.1) is 0 Å². The Morgan fingerprint density at radius 1 is 1.29 bits per heavy atom. The van der Waals surface area contributed by atoms with Crippen LogP contribution in [0.1, 0.15) is 17.3 Å². The third-order valence-corrected chi connectivity index (χ3v) is 3.85. The Labute approximate surface area is 144 Å². The summed E-state index contributed by atoms with van der Waals surface area (Å²) in [5.41, 5.74) is 0.267. The maximum Gasteiger partial charge on any atom is 0.328 e. The molecule has 8 heteroatoms. The second kappa shape index (κ2) is 8.65. The number of nitrogens with zero attached hydrogens (tertiary/aromatic N) is 1. The Kier molecular flexibility index (Phi) is 6.57. The fourth-order valence-electron chi connectivity index (χ4n) is 2.14. The van der Waals surface area contributed by atoms with Crippen molar-refractivity contribution in [1.82, 2.24) is 10.2 Å². The summed E-state index contributed by atoms with van der Waals surface area (Å²) in [5.74, 6) is -1.45. The van der Waals surface area contributed by atoms with Crippen molar-refractivity contribution >= 4 is 29.4 Å². The first-order valence-electron chi connectivity index (χ1n) is 7.56. The van der Waals surface area contributed by atoms with Crippen molar-refractivity contribution in [2.75, 3.05) is 32.9 Å². The van der Waals surface area contributed by atoms with Gasteiger partial charge in [-0.25, -0.2) is 4.79 Å². The summed E-state index contributed by atoms with van der Waals surface area (Å²) < 4.78 is 10.1. The van der Waals surface area contributed by atoms with Gasteiger partial charge in [0.1, 0.15) is 6.04 Å². The minimum atomic E-state index is -0.897. The Morgan fingerprint density at radius 2 is 1.96 bits per heavy atom. The second-order valence-electron chi connectivity index (χ2n) is 5.28. The van der Waals surface area contributed by atoms with E-state index in [1.165, 1.54) is 6.92 Å². The predicted molar refractivity (Wildman–Crippen MR) is 86.7 cm³/mol. The van der Waals surface area contributed by atoms with E-state index in [2.05, 4.69) is 5.32 Å². The molecule has 1 aromatic rings. The molecular weight excluding hydrogens is 336 g/mol. The number of hydrogen-bond acceptors (Lipinski definition) is 5. The molecule has 1 N–H and O–H groups in total. The van der Waals surface area contributed by atoms with Crippen LogP contribution in [-0.4, -0.2) is 61.6 Å². The summed E-state index contributed by atoms with van der Waals surface area (Å²) in [6, 6.07) is 5.61. The first kappa shape index (κ1) is 18.2. The van der Waals surface area contributed by atoms with Gasteiger partial charge in [0.15, 0.2) is 6.61 Å².